The molecule has 2 aromatic carbocycles. The molecule has 1 amide bonds. The van der Waals surface area contributed by atoms with E-state index in [0.717, 1.165) is 35.4 Å². The molecule has 0 saturated carbocycles. The van der Waals surface area contributed by atoms with Crippen molar-refractivity contribution >= 4 is 17.0 Å². The Bertz CT molecular complexity index is 1230. The molecule has 2 aromatic heterocycles. The van der Waals surface area contributed by atoms with Crippen molar-refractivity contribution < 1.29 is 18.7 Å². The Morgan fingerprint density at radius 1 is 1.06 bits per heavy atom. The summed E-state index contributed by atoms with van der Waals surface area (Å²) >= 11 is 0. The number of carbonyl (C=O) groups excluding carboxylic acids is 1. The van der Waals surface area contributed by atoms with Gasteiger partial charge in [-0.2, -0.15) is 0 Å². The number of hydrogen-bond acceptors (Lipinski definition) is 6. The normalized spacial score (nSPS) is 14.3. The fraction of sp³-hybridized carbons (Fsp3) is 0.296. The number of likely N-dealkylation sites (tertiary alicyclic amines) is 1. The van der Waals surface area contributed by atoms with E-state index in [1.54, 1.807) is 30.6 Å². The van der Waals surface area contributed by atoms with E-state index in [0.29, 0.717) is 43.4 Å². The van der Waals surface area contributed by atoms with Crippen LogP contribution < -0.4 is 9.47 Å². The number of nitrogens with zero attached hydrogens (tertiary/aromatic N) is 3. The van der Waals surface area contributed by atoms with Gasteiger partial charge in [0, 0.05) is 42.5 Å². The molecule has 0 spiro atoms. The second kappa shape index (κ2) is 9.95. The maximum Gasteiger partial charge on any atom is 0.253 e. The zero-order valence-corrected chi connectivity index (χ0v) is 19.1. The Morgan fingerprint density at radius 2 is 1.91 bits per heavy atom. The van der Waals surface area contributed by atoms with E-state index in [1.807, 2.05) is 48.2 Å². The van der Waals surface area contributed by atoms with Crippen LogP contribution in [0.3, 0.4) is 0 Å². The van der Waals surface area contributed by atoms with Crippen LogP contribution >= 0.6 is 0 Å². The summed E-state index contributed by atoms with van der Waals surface area (Å²) in [5, 5.41) is 0. The second-order valence-corrected chi connectivity index (χ2v) is 8.33. The van der Waals surface area contributed by atoms with E-state index in [9.17, 15) is 4.79 Å². The largest absolute Gasteiger partial charge is 0.490 e. The van der Waals surface area contributed by atoms with Gasteiger partial charge in [-0.1, -0.05) is 18.2 Å². The van der Waals surface area contributed by atoms with Crippen LogP contribution in [0.25, 0.3) is 11.1 Å². The van der Waals surface area contributed by atoms with Gasteiger partial charge in [0.05, 0.1) is 6.61 Å². The van der Waals surface area contributed by atoms with Gasteiger partial charge in [0.2, 0.25) is 0 Å². The molecule has 0 bridgehead atoms. The molecule has 0 N–H and O–H groups in total. The van der Waals surface area contributed by atoms with Gasteiger partial charge in [0.25, 0.3) is 5.91 Å². The van der Waals surface area contributed by atoms with Crippen molar-refractivity contribution in [2.75, 3.05) is 19.7 Å². The number of rotatable bonds is 7. The smallest absolute Gasteiger partial charge is 0.253 e. The van der Waals surface area contributed by atoms with Crippen LogP contribution in [0.1, 0.15) is 47.5 Å². The molecule has 0 atom stereocenters. The third-order valence-corrected chi connectivity index (χ3v) is 6.05. The van der Waals surface area contributed by atoms with Crippen LogP contribution in [0.4, 0.5) is 0 Å². The number of para-hydroxylation sites is 2. The fourth-order valence-corrected chi connectivity index (χ4v) is 4.25. The summed E-state index contributed by atoms with van der Waals surface area (Å²) in [6, 6.07) is 17.0. The molecule has 174 valence electrons. The Balaban J connectivity index is 1.24. The van der Waals surface area contributed by atoms with Crippen molar-refractivity contribution in [2.45, 2.75) is 32.3 Å². The molecular weight excluding hydrogens is 430 g/mol. The molecule has 0 unspecified atom stereocenters. The van der Waals surface area contributed by atoms with E-state index < -0.39 is 0 Å². The van der Waals surface area contributed by atoms with Crippen LogP contribution in [-0.2, 0) is 6.61 Å². The standard InChI is InChI=1S/C27H27N3O4/c1-2-32-25-16-21(9-10-24(25)33-18-19-6-5-13-28-17-19)27(31)30-14-11-20(12-15-30)26-29-22-7-3-4-8-23(22)34-26/h3-10,13,16-17,20H,2,11-12,14-15,18H2,1H3. The molecule has 7 heteroatoms. The van der Waals surface area contributed by atoms with Gasteiger partial charge in [-0.15, -0.1) is 0 Å². The first-order valence-electron chi connectivity index (χ1n) is 11.6. The van der Waals surface area contributed by atoms with E-state index in [-0.39, 0.29) is 11.8 Å². The maximum absolute atomic E-state index is 13.2. The van der Waals surface area contributed by atoms with Gasteiger partial charge < -0.3 is 18.8 Å². The minimum Gasteiger partial charge on any atom is -0.490 e. The third-order valence-electron chi connectivity index (χ3n) is 6.05. The van der Waals surface area contributed by atoms with Crippen LogP contribution in [0.2, 0.25) is 0 Å². The van der Waals surface area contributed by atoms with Crippen LogP contribution in [0, 0.1) is 0 Å². The van der Waals surface area contributed by atoms with Crippen LogP contribution in [0.15, 0.2) is 71.4 Å². The topological polar surface area (TPSA) is 77.7 Å². The highest BCUT2D eigenvalue weighted by atomic mass is 16.5. The summed E-state index contributed by atoms with van der Waals surface area (Å²) < 4.78 is 17.7. The SMILES string of the molecule is CCOc1cc(C(=O)N2CCC(c3nc4ccccc4o3)CC2)ccc1OCc1cccnc1. The predicted octanol–water partition coefficient (Wildman–Crippen LogP) is 5.22. The highest BCUT2D eigenvalue weighted by molar-refractivity contribution is 5.95. The van der Waals surface area contributed by atoms with Crippen LogP contribution in [0.5, 0.6) is 11.5 Å². The summed E-state index contributed by atoms with van der Waals surface area (Å²) in [7, 11) is 0. The minimum atomic E-state index is -0.00391. The zero-order valence-electron chi connectivity index (χ0n) is 19.1. The molecule has 3 heterocycles. The first-order valence-corrected chi connectivity index (χ1v) is 11.6. The quantitative estimate of drug-likeness (QED) is 0.379. The number of fused-ring (bicyclic) bond motifs is 1. The lowest BCUT2D eigenvalue weighted by atomic mass is 9.96. The molecule has 1 aliphatic rings. The molecule has 1 saturated heterocycles. The van der Waals surface area contributed by atoms with Crippen molar-refractivity contribution in [1.29, 1.82) is 0 Å². The van der Waals surface area contributed by atoms with Crippen molar-refractivity contribution in [3.05, 3.63) is 84.0 Å². The highest BCUT2D eigenvalue weighted by Crippen LogP contribution is 2.32. The summed E-state index contributed by atoms with van der Waals surface area (Å²) in [4.78, 5) is 23.9. The van der Waals surface area contributed by atoms with Gasteiger partial charge in [-0.25, -0.2) is 4.98 Å². The van der Waals surface area contributed by atoms with E-state index in [1.165, 1.54) is 0 Å². The van der Waals surface area contributed by atoms with Crippen molar-refractivity contribution in [2.24, 2.45) is 0 Å². The molecule has 7 nitrogen and oxygen atoms in total. The second-order valence-electron chi connectivity index (χ2n) is 8.33. The zero-order chi connectivity index (χ0) is 23.3. The molecular formula is C27H27N3O4. The number of benzene rings is 2. The first kappa shape index (κ1) is 21.9. The number of oxazole rings is 1. The molecule has 34 heavy (non-hydrogen) atoms. The average Bonchev–Trinajstić information content (AvgIpc) is 3.33. The molecule has 5 rings (SSSR count). The van der Waals surface area contributed by atoms with Crippen LogP contribution in [-0.4, -0.2) is 40.5 Å². The number of hydrogen-bond donors (Lipinski definition) is 0. The van der Waals surface area contributed by atoms with Gasteiger partial charge in [-0.3, -0.25) is 9.78 Å². The summed E-state index contributed by atoms with van der Waals surface area (Å²) in [6.45, 7) is 4.09. The van der Waals surface area contributed by atoms with Gasteiger partial charge in [-0.05, 0) is 56.2 Å². The maximum atomic E-state index is 13.2. The third kappa shape index (κ3) is 4.73. The minimum absolute atomic E-state index is 0.00391. The van der Waals surface area contributed by atoms with Gasteiger partial charge in [0.1, 0.15) is 12.1 Å². The molecule has 0 aliphatic carbocycles. The lowest BCUT2D eigenvalue weighted by Gasteiger charge is -2.30. The number of aromatic nitrogens is 2. The average molecular weight is 458 g/mol. The van der Waals surface area contributed by atoms with Crippen molar-refractivity contribution in [3.8, 4) is 11.5 Å². The number of amides is 1. The van der Waals surface area contributed by atoms with E-state index in [2.05, 4.69) is 9.97 Å². The number of ether oxygens (including phenoxy) is 2. The lowest BCUT2D eigenvalue weighted by molar-refractivity contribution is 0.0706. The summed E-state index contributed by atoms with van der Waals surface area (Å²) in [5.74, 6) is 2.16. The molecule has 1 aliphatic heterocycles. The van der Waals surface area contributed by atoms with E-state index >= 15 is 0 Å². The first-order chi connectivity index (χ1) is 16.7. The monoisotopic (exact) mass is 457 g/mol. The fourth-order valence-electron chi connectivity index (χ4n) is 4.25. The number of carbonyl (C=O) groups is 1. The summed E-state index contributed by atoms with van der Waals surface area (Å²) in [5.41, 5.74) is 3.25. The molecule has 1 fully saturated rings. The molecule has 0 radical (unpaired) electrons. The van der Waals surface area contributed by atoms with E-state index in [4.69, 9.17) is 13.9 Å². The van der Waals surface area contributed by atoms with Gasteiger partial charge >= 0.3 is 0 Å². The predicted molar refractivity (Wildman–Crippen MR) is 128 cm³/mol. The highest BCUT2D eigenvalue weighted by Gasteiger charge is 2.28. The number of pyridine rings is 1. The van der Waals surface area contributed by atoms with Crippen molar-refractivity contribution in [1.82, 2.24) is 14.9 Å². The Morgan fingerprint density at radius 3 is 2.68 bits per heavy atom. The lowest BCUT2D eigenvalue weighted by Crippen LogP contribution is -2.38. The van der Waals surface area contributed by atoms with Crippen molar-refractivity contribution in [3.63, 3.8) is 0 Å². The summed E-state index contributed by atoms with van der Waals surface area (Å²) in [6.07, 6.45) is 5.14. The Hall–Kier alpha value is -3.87. The van der Waals surface area contributed by atoms with Gasteiger partial charge in [0.15, 0.2) is 23.0 Å². The Labute approximate surface area is 198 Å². The molecule has 4 aromatic rings. The Kier molecular flexibility index (Phi) is 6.42. The number of piperidine rings is 1.